The van der Waals surface area contributed by atoms with Gasteiger partial charge in [-0.05, 0) is 43.8 Å². The van der Waals surface area contributed by atoms with Crippen molar-refractivity contribution in [3.05, 3.63) is 64.9 Å². The summed E-state index contributed by atoms with van der Waals surface area (Å²) in [5.41, 5.74) is 0. The molecular weight excluding hydrogens is 393 g/mol. The predicted octanol–water partition coefficient (Wildman–Crippen LogP) is 6.13. The second-order valence-corrected chi connectivity index (χ2v) is 9.36. The van der Waals surface area contributed by atoms with E-state index in [0.29, 0.717) is 19.8 Å². The van der Waals surface area contributed by atoms with Gasteiger partial charge in [-0.15, -0.1) is 11.3 Å². The molecule has 28 heavy (non-hydrogen) atoms. The maximum Gasteiger partial charge on any atom is 0.408 e. The monoisotopic (exact) mass is 419 g/mol. The van der Waals surface area contributed by atoms with Gasteiger partial charge in [-0.25, -0.2) is 9.24 Å². The van der Waals surface area contributed by atoms with Gasteiger partial charge in [-0.3, -0.25) is 9.05 Å². The van der Waals surface area contributed by atoms with Crippen molar-refractivity contribution in [3.8, 4) is 5.75 Å². The van der Waals surface area contributed by atoms with E-state index < -0.39 is 7.75 Å². The van der Waals surface area contributed by atoms with Gasteiger partial charge in [0.25, 0.3) is 0 Å². The summed E-state index contributed by atoms with van der Waals surface area (Å²) < 4.78 is 32.1. The third kappa shape index (κ3) is 4.83. The zero-order valence-corrected chi connectivity index (χ0v) is 18.1. The Labute approximate surface area is 170 Å². The Morgan fingerprint density at radius 3 is 2.39 bits per heavy atom. The number of rotatable bonds is 10. The maximum atomic E-state index is 13.1. The molecular formula is C21H26NO4PS. The molecule has 0 bridgehead atoms. The summed E-state index contributed by atoms with van der Waals surface area (Å²) in [5.74, 6) is 0.799. The normalized spacial score (nSPS) is 13.1. The van der Waals surface area contributed by atoms with Crippen molar-refractivity contribution in [2.75, 3.05) is 26.8 Å². The van der Waals surface area contributed by atoms with Crippen LogP contribution in [0.15, 0.2) is 60.0 Å². The largest absolute Gasteiger partial charge is 0.483 e. The van der Waals surface area contributed by atoms with E-state index in [-0.39, 0.29) is 6.10 Å². The van der Waals surface area contributed by atoms with Crippen LogP contribution in [0.25, 0.3) is 10.8 Å². The van der Waals surface area contributed by atoms with Crippen molar-refractivity contribution in [1.82, 2.24) is 4.67 Å². The molecule has 0 aliphatic carbocycles. The topological polar surface area (TPSA) is 48.0 Å². The van der Waals surface area contributed by atoms with Gasteiger partial charge in [0.05, 0.1) is 19.8 Å². The molecule has 0 radical (unpaired) electrons. The van der Waals surface area contributed by atoms with Crippen LogP contribution in [-0.2, 0) is 13.6 Å². The van der Waals surface area contributed by atoms with Crippen LogP contribution in [0.5, 0.6) is 5.75 Å². The van der Waals surface area contributed by atoms with Crippen LogP contribution in [-0.4, -0.2) is 31.5 Å². The fourth-order valence-corrected chi connectivity index (χ4v) is 5.23. The Hall–Kier alpha value is -1.69. The van der Waals surface area contributed by atoms with Crippen molar-refractivity contribution >= 4 is 29.9 Å². The van der Waals surface area contributed by atoms with E-state index in [2.05, 4.69) is 12.1 Å². The molecule has 5 nitrogen and oxygen atoms in total. The van der Waals surface area contributed by atoms with Crippen molar-refractivity contribution in [2.45, 2.75) is 20.0 Å². The molecule has 1 atom stereocenters. The quantitative estimate of drug-likeness (QED) is 0.370. The van der Waals surface area contributed by atoms with Gasteiger partial charge in [0.1, 0.15) is 11.9 Å². The molecule has 1 unspecified atom stereocenters. The SMILES string of the molecule is CCOP(=O)(OCC)N(C)CC(Oc1cccc2ccccc12)c1cccs1. The lowest BCUT2D eigenvalue weighted by Gasteiger charge is -2.29. The molecule has 150 valence electrons. The summed E-state index contributed by atoms with van der Waals surface area (Å²) in [6.07, 6.45) is -0.301. The fourth-order valence-electron chi connectivity index (χ4n) is 3.01. The van der Waals surface area contributed by atoms with Crippen molar-refractivity contribution < 1.29 is 18.3 Å². The highest BCUT2D eigenvalue weighted by Gasteiger charge is 2.33. The first-order valence-electron chi connectivity index (χ1n) is 9.36. The fraction of sp³-hybridized carbons (Fsp3) is 0.333. The molecule has 0 aliphatic rings. The van der Waals surface area contributed by atoms with E-state index >= 15 is 0 Å². The highest BCUT2D eigenvalue weighted by atomic mass is 32.1. The Kier molecular flexibility index (Phi) is 7.27. The number of likely N-dealkylation sites (N-methyl/N-ethyl adjacent to an activating group) is 1. The number of hydrogen-bond acceptors (Lipinski definition) is 5. The molecule has 0 saturated carbocycles. The zero-order valence-electron chi connectivity index (χ0n) is 16.4. The van der Waals surface area contributed by atoms with E-state index in [0.717, 1.165) is 21.4 Å². The predicted molar refractivity (Wildman–Crippen MR) is 115 cm³/mol. The summed E-state index contributed by atoms with van der Waals surface area (Å²) in [6, 6.07) is 18.2. The lowest BCUT2D eigenvalue weighted by Crippen LogP contribution is -2.27. The smallest absolute Gasteiger partial charge is 0.408 e. The Morgan fingerprint density at radius 1 is 1.00 bits per heavy atom. The Bertz CT molecular complexity index is 916. The first-order chi connectivity index (χ1) is 13.6. The summed E-state index contributed by atoms with van der Waals surface area (Å²) in [7, 11) is -1.61. The molecule has 0 amide bonds. The second kappa shape index (κ2) is 9.68. The molecule has 0 aliphatic heterocycles. The number of benzene rings is 2. The molecule has 0 fully saturated rings. The third-order valence-electron chi connectivity index (χ3n) is 4.31. The van der Waals surface area contributed by atoms with Crippen LogP contribution >= 0.6 is 19.1 Å². The highest BCUT2D eigenvalue weighted by molar-refractivity contribution is 7.51. The molecule has 0 spiro atoms. The van der Waals surface area contributed by atoms with Gasteiger partial charge in [0.15, 0.2) is 0 Å². The first kappa shape index (κ1) is 21.0. The minimum absolute atomic E-state index is 0.301. The molecule has 3 rings (SSSR count). The van der Waals surface area contributed by atoms with E-state index in [1.165, 1.54) is 0 Å². The van der Waals surface area contributed by atoms with E-state index in [1.54, 1.807) is 23.1 Å². The summed E-state index contributed by atoms with van der Waals surface area (Å²) in [4.78, 5) is 1.05. The van der Waals surface area contributed by atoms with Gasteiger partial charge in [0, 0.05) is 10.3 Å². The van der Waals surface area contributed by atoms with Crippen LogP contribution in [0, 0.1) is 0 Å². The van der Waals surface area contributed by atoms with Crippen molar-refractivity contribution in [1.29, 1.82) is 0 Å². The van der Waals surface area contributed by atoms with Crippen LogP contribution in [0.1, 0.15) is 24.8 Å². The van der Waals surface area contributed by atoms with Crippen LogP contribution < -0.4 is 4.74 Å². The summed E-state index contributed by atoms with van der Waals surface area (Å²) in [6.45, 7) is 4.62. The zero-order chi connectivity index (χ0) is 20.0. The van der Waals surface area contributed by atoms with Crippen LogP contribution in [0.4, 0.5) is 0 Å². The summed E-state index contributed by atoms with van der Waals surface area (Å²) in [5, 5.41) is 4.18. The third-order valence-corrected chi connectivity index (χ3v) is 7.45. The first-order valence-corrected chi connectivity index (χ1v) is 11.7. The van der Waals surface area contributed by atoms with E-state index in [9.17, 15) is 4.57 Å². The summed E-state index contributed by atoms with van der Waals surface area (Å²) >= 11 is 1.61. The number of thiophene rings is 1. The molecule has 2 aromatic carbocycles. The number of hydrogen-bond donors (Lipinski definition) is 0. The molecule has 1 heterocycles. The molecule has 7 heteroatoms. The van der Waals surface area contributed by atoms with Gasteiger partial charge in [-0.1, -0.05) is 42.5 Å². The van der Waals surface area contributed by atoms with Gasteiger partial charge < -0.3 is 4.74 Å². The number of fused-ring (bicyclic) bond motifs is 1. The highest BCUT2D eigenvalue weighted by Crippen LogP contribution is 2.51. The number of ether oxygens (including phenoxy) is 1. The van der Waals surface area contributed by atoms with Crippen molar-refractivity contribution in [3.63, 3.8) is 0 Å². The van der Waals surface area contributed by atoms with Gasteiger partial charge in [-0.2, -0.15) is 0 Å². The maximum absolute atomic E-state index is 13.1. The standard InChI is InChI=1S/C21H26NO4PS/c1-4-24-27(23,25-5-2)22(3)16-20(21-14-9-15-28-21)26-19-13-8-11-17-10-6-7-12-18(17)19/h6-15,20H,4-5,16H2,1-3H3. The lowest BCUT2D eigenvalue weighted by atomic mass is 10.1. The molecule has 3 aromatic rings. The van der Waals surface area contributed by atoms with Crippen LogP contribution in [0.2, 0.25) is 0 Å². The second-order valence-electron chi connectivity index (χ2n) is 6.24. The van der Waals surface area contributed by atoms with Gasteiger partial charge in [0.2, 0.25) is 0 Å². The van der Waals surface area contributed by atoms with Gasteiger partial charge >= 0.3 is 7.75 Å². The lowest BCUT2D eigenvalue weighted by molar-refractivity contribution is 0.139. The average molecular weight is 419 g/mol. The van der Waals surface area contributed by atoms with Crippen LogP contribution in [0.3, 0.4) is 0 Å². The minimum Gasteiger partial charge on any atom is -0.483 e. The Morgan fingerprint density at radius 2 is 1.71 bits per heavy atom. The van der Waals surface area contributed by atoms with E-state index in [1.807, 2.05) is 61.7 Å². The van der Waals surface area contributed by atoms with Crippen molar-refractivity contribution in [2.24, 2.45) is 0 Å². The molecule has 0 N–H and O–H groups in total. The average Bonchev–Trinajstić information content (AvgIpc) is 3.23. The number of nitrogens with zero attached hydrogens (tertiary/aromatic N) is 1. The Balaban J connectivity index is 1.89. The molecule has 1 aromatic heterocycles. The molecule has 0 saturated heterocycles. The minimum atomic E-state index is -3.36. The van der Waals surface area contributed by atoms with E-state index in [4.69, 9.17) is 13.8 Å².